The van der Waals surface area contributed by atoms with Crippen molar-refractivity contribution >= 4 is 0 Å². The largest absolute Gasteiger partial charge is 0.379 e. The molecule has 0 aromatic heterocycles. The fraction of sp³-hybridized carbons (Fsp3) is 1.00. The lowest BCUT2D eigenvalue weighted by Crippen LogP contribution is -2.67. The highest BCUT2D eigenvalue weighted by atomic mass is 16.5. The Kier molecular flexibility index (Phi) is 2.79. The topological polar surface area (TPSA) is 47.7 Å². The lowest BCUT2D eigenvalue weighted by atomic mass is 9.86. The molecule has 0 aliphatic carbocycles. The summed E-state index contributed by atoms with van der Waals surface area (Å²) in [5.74, 6) is 0. The second kappa shape index (κ2) is 3.77. The molecular formula is C10H20N2O2. The summed E-state index contributed by atoms with van der Waals surface area (Å²) in [6, 6.07) is 0. The Morgan fingerprint density at radius 3 is 2.71 bits per heavy atom. The minimum absolute atomic E-state index is 0.0784. The standard InChI is InChI=1S/C10H20N2O2/c1-8-10(7-11,3-4-14-8)12-5-9(6-12)13-2/h8-9H,3-7,11H2,1-2H3. The van der Waals surface area contributed by atoms with Gasteiger partial charge in [0.15, 0.2) is 0 Å². The molecule has 0 saturated carbocycles. The molecule has 82 valence electrons. The summed E-state index contributed by atoms with van der Waals surface area (Å²) in [4.78, 5) is 2.42. The van der Waals surface area contributed by atoms with Gasteiger partial charge in [-0.15, -0.1) is 0 Å². The maximum absolute atomic E-state index is 5.89. The summed E-state index contributed by atoms with van der Waals surface area (Å²) in [5.41, 5.74) is 5.97. The van der Waals surface area contributed by atoms with Gasteiger partial charge in [0.2, 0.25) is 0 Å². The molecule has 2 heterocycles. The lowest BCUT2D eigenvalue weighted by molar-refractivity contribution is -0.100. The Morgan fingerprint density at radius 2 is 2.29 bits per heavy atom. The van der Waals surface area contributed by atoms with Gasteiger partial charge in [-0.05, 0) is 13.3 Å². The summed E-state index contributed by atoms with van der Waals surface area (Å²) >= 11 is 0. The summed E-state index contributed by atoms with van der Waals surface area (Å²) in [6.45, 7) is 5.65. The first-order valence-corrected chi connectivity index (χ1v) is 5.32. The van der Waals surface area contributed by atoms with E-state index in [2.05, 4.69) is 11.8 Å². The van der Waals surface area contributed by atoms with Crippen LogP contribution in [0.2, 0.25) is 0 Å². The number of ether oxygens (including phenoxy) is 2. The van der Waals surface area contributed by atoms with E-state index in [0.717, 1.165) is 26.1 Å². The number of rotatable bonds is 3. The smallest absolute Gasteiger partial charge is 0.0825 e. The van der Waals surface area contributed by atoms with E-state index in [1.54, 1.807) is 7.11 Å². The van der Waals surface area contributed by atoms with Crippen LogP contribution in [0.5, 0.6) is 0 Å². The Balaban J connectivity index is 2.00. The van der Waals surface area contributed by atoms with Crippen LogP contribution in [-0.2, 0) is 9.47 Å². The third-order valence-corrected chi connectivity index (χ3v) is 3.82. The molecule has 0 bridgehead atoms. The SMILES string of the molecule is COC1CN(C2(CN)CCOC2C)C1. The van der Waals surface area contributed by atoms with Crippen molar-refractivity contribution in [2.75, 3.05) is 33.4 Å². The zero-order valence-electron chi connectivity index (χ0n) is 9.03. The molecule has 2 atom stereocenters. The molecule has 2 aliphatic rings. The normalized spacial score (nSPS) is 40.1. The highest BCUT2D eigenvalue weighted by Crippen LogP contribution is 2.35. The van der Waals surface area contributed by atoms with Crippen LogP contribution >= 0.6 is 0 Å². The third kappa shape index (κ3) is 1.37. The van der Waals surface area contributed by atoms with Gasteiger partial charge in [0, 0.05) is 33.4 Å². The van der Waals surface area contributed by atoms with Crippen LogP contribution in [0.1, 0.15) is 13.3 Å². The molecule has 4 heteroatoms. The molecule has 2 fully saturated rings. The molecule has 0 amide bonds. The zero-order valence-corrected chi connectivity index (χ0v) is 9.03. The molecule has 0 spiro atoms. The van der Waals surface area contributed by atoms with Gasteiger partial charge in [-0.3, -0.25) is 4.90 Å². The average molecular weight is 200 g/mol. The van der Waals surface area contributed by atoms with Gasteiger partial charge in [-0.1, -0.05) is 0 Å². The minimum Gasteiger partial charge on any atom is -0.379 e. The van der Waals surface area contributed by atoms with E-state index in [1.807, 2.05) is 0 Å². The average Bonchev–Trinajstić information content (AvgIpc) is 2.47. The van der Waals surface area contributed by atoms with E-state index < -0.39 is 0 Å². The van der Waals surface area contributed by atoms with Crippen molar-refractivity contribution in [3.63, 3.8) is 0 Å². The predicted octanol–water partition coefficient (Wildman–Crippen LogP) is -0.177. The molecule has 2 rings (SSSR count). The van der Waals surface area contributed by atoms with Gasteiger partial charge >= 0.3 is 0 Å². The van der Waals surface area contributed by atoms with Gasteiger partial charge < -0.3 is 15.2 Å². The molecular weight excluding hydrogens is 180 g/mol. The Bertz CT molecular complexity index is 206. The van der Waals surface area contributed by atoms with E-state index in [1.165, 1.54) is 0 Å². The van der Waals surface area contributed by atoms with E-state index in [4.69, 9.17) is 15.2 Å². The zero-order chi connectivity index (χ0) is 10.2. The van der Waals surface area contributed by atoms with Crippen molar-refractivity contribution in [1.29, 1.82) is 0 Å². The second-order valence-electron chi connectivity index (χ2n) is 4.33. The number of methoxy groups -OCH3 is 1. The predicted molar refractivity (Wildman–Crippen MR) is 54.2 cm³/mol. The van der Waals surface area contributed by atoms with Gasteiger partial charge in [-0.2, -0.15) is 0 Å². The van der Waals surface area contributed by atoms with Crippen molar-refractivity contribution < 1.29 is 9.47 Å². The van der Waals surface area contributed by atoms with E-state index in [-0.39, 0.29) is 11.6 Å². The number of nitrogens with zero attached hydrogens (tertiary/aromatic N) is 1. The first kappa shape index (κ1) is 10.4. The summed E-state index contributed by atoms with van der Waals surface area (Å²) < 4.78 is 10.9. The quantitative estimate of drug-likeness (QED) is 0.687. The minimum atomic E-state index is 0.0784. The van der Waals surface area contributed by atoms with Crippen molar-refractivity contribution in [3.05, 3.63) is 0 Å². The molecule has 0 radical (unpaired) electrons. The van der Waals surface area contributed by atoms with Gasteiger partial charge in [0.05, 0.1) is 17.7 Å². The Labute approximate surface area is 85.3 Å². The van der Waals surface area contributed by atoms with Crippen LogP contribution < -0.4 is 5.73 Å². The highest BCUT2D eigenvalue weighted by Gasteiger charge is 2.49. The Morgan fingerprint density at radius 1 is 1.57 bits per heavy atom. The summed E-state index contributed by atoms with van der Waals surface area (Å²) in [6.07, 6.45) is 1.71. The van der Waals surface area contributed by atoms with Crippen LogP contribution in [-0.4, -0.2) is 56.0 Å². The third-order valence-electron chi connectivity index (χ3n) is 3.82. The van der Waals surface area contributed by atoms with Crippen molar-refractivity contribution in [2.24, 2.45) is 5.73 Å². The van der Waals surface area contributed by atoms with E-state index >= 15 is 0 Å². The number of likely N-dealkylation sites (tertiary alicyclic amines) is 1. The van der Waals surface area contributed by atoms with Gasteiger partial charge in [0.1, 0.15) is 0 Å². The van der Waals surface area contributed by atoms with Crippen LogP contribution in [0, 0.1) is 0 Å². The molecule has 2 saturated heterocycles. The van der Waals surface area contributed by atoms with Gasteiger partial charge in [0.25, 0.3) is 0 Å². The number of nitrogens with two attached hydrogens (primary N) is 1. The van der Waals surface area contributed by atoms with Crippen LogP contribution in [0.25, 0.3) is 0 Å². The highest BCUT2D eigenvalue weighted by molar-refractivity contribution is 5.05. The molecule has 2 aliphatic heterocycles. The lowest BCUT2D eigenvalue weighted by Gasteiger charge is -2.51. The van der Waals surface area contributed by atoms with Crippen LogP contribution in [0.15, 0.2) is 0 Å². The maximum atomic E-state index is 5.89. The fourth-order valence-corrected chi connectivity index (χ4v) is 2.53. The maximum Gasteiger partial charge on any atom is 0.0825 e. The van der Waals surface area contributed by atoms with Crippen molar-refractivity contribution in [1.82, 2.24) is 4.90 Å². The molecule has 14 heavy (non-hydrogen) atoms. The second-order valence-corrected chi connectivity index (χ2v) is 4.33. The first-order chi connectivity index (χ1) is 6.73. The number of hydrogen-bond acceptors (Lipinski definition) is 4. The molecule has 4 nitrogen and oxygen atoms in total. The number of hydrogen-bond donors (Lipinski definition) is 1. The van der Waals surface area contributed by atoms with Crippen LogP contribution in [0.3, 0.4) is 0 Å². The molecule has 0 aromatic rings. The Hall–Kier alpha value is -0.160. The molecule has 2 unspecified atom stereocenters. The summed E-state index contributed by atoms with van der Waals surface area (Å²) in [7, 11) is 1.77. The fourth-order valence-electron chi connectivity index (χ4n) is 2.53. The molecule has 0 aromatic carbocycles. The first-order valence-electron chi connectivity index (χ1n) is 5.32. The van der Waals surface area contributed by atoms with E-state index in [0.29, 0.717) is 12.6 Å². The van der Waals surface area contributed by atoms with Crippen molar-refractivity contribution in [3.8, 4) is 0 Å². The molecule has 2 N–H and O–H groups in total. The monoisotopic (exact) mass is 200 g/mol. The summed E-state index contributed by atoms with van der Waals surface area (Å²) in [5, 5.41) is 0. The van der Waals surface area contributed by atoms with Crippen LogP contribution in [0.4, 0.5) is 0 Å². The van der Waals surface area contributed by atoms with Crippen molar-refractivity contribution in [2.45, 2.75) is 31.1 Å². The van der Waals surface area contributed by atoms with E-state index in [9.17, 15) is 0 Å². The van der Waals surface area contributed by atoms with Gasteiger partial charge in [-0.25, -0.2) is 0 Å².